The number of hydrogen-bond acceptors (Lipinski definition) is 8. The van der Waals surface area contributed by atoms with E-state index >= 15 is 0 Å². The second-order valence-electron chi connectivity index (χ2n) is 6.04. The molecule has 0 unspecified atom stereocenters. The van der Waals surface area contributed by atoms with E-state index in [-0.39, 0.29) is 45.3 Å². The molecule has 3 aromatic carbocycles. The maximum Gasteiger partial charge on any atom is 0.343 e. The van der Waals surface area contributed by atoms with E-state index in [0.29, 0.717) is 12.6 Å². The number of phenols is 2. The summed E-state index contributed by atoms with van der Waals surface area (Å²) in [7, 11) is 0. The van der Waals surface area contributed by atoms with Crippen LogP contribution in [0.15, 0.2) is 60.7 Å². The summed E-state index contributed by atoms with van der Waals surface area (Å²) in [6.45, 7) is 0. The van der Waals surface area contributed by atoms with E-state index in [2.05, 4.69) is 0 Å². The van der Waals surface area contributed by atoms with Gasteiger partial charge in [-0.2, -0.15) is 0 Å². The summed E-state index contributed by atoms with van der Waals surface area (Å²) in [6.07, 6.45) is 0.921. The normalized spacial score (nSPS) is 10.1. The van der Waals surface area contributed by atoms with Gasteiger partial charge in [-0.25, -0.2) is 9.59 Å². The van der Waals surface area contributed by atoms with Gasteiger partial charge in [0.1, 0.15) is 23.0 Å². The standard InChI is InChI=1S/C22H14O8/c23-11-15-4-6-17(9-19(15)25)29-21(27)13-2-1-3-14(8-13)22(28)30-18-7-5-16(12-24)20(26)10-18/h1-12,25-26H. The van der Waals surface area contributed by atoms with Crippen LogP contribution in [-0.2, 0) is 0 Å². The van der Waals surface area contributed by atoms with Crippen LogP contribution in [0.4, 0.5) is 0 Å². The Bertz CT molecular complexity index is 1060. The Hall–Kier alpha value is -4.46. The number of carbonyl (C=O) groups is 4. The van der Waals surface area contributed by atoms with Crippen LogP contribution in [0.2, 0.25) is 0 Å². The minimum absolute atomic E-state index is 0.0156. The summed E-state index contributed by atoms with van der Waals surface area (Å²) in [5.74, 6) is -2.23. The summed E-state index contributed by atoms with van der Waals surface area (Å²) in [5.41, 5.74) is 0.184. The molecule has 0 aliphatic heterocycles. The molecule has 3 aromatic rings. The number of aromatic hydroxyl groups is 2. The first-order valence-corrected chi connectivity index (χ1v) is 8.52. The van der Waals surface area contributed by atoms with Gasteiger partial charge in [-0.15, -0.1) is 0 Å². The number of benzene rings is 3. The van der Waals surface area contributed by atoms with E-state index in [1.165, 1.54) is 48.5 Å². The third kappa shape index (κ3) is 4.50. The fraction of sp³-hybridized carbons (Fsp3) is 0. The summed E-state index contributed by atoms with van der Waals surface area (Å²) < 4.78 is 10.3. The highest BCUT2D eigenvalue weighted by molar-refractivity contribution is 5.97. The van der Waals surface area contributed by atoms with Crippen molar-refractivity contribution in [2.24, 2.45) is 0 Å². The second-order valence-corrected chi connectivity index (χ2v) is 6.04. The molecular weight excluding hydrogens is 392 g/mol. The molecule has 8 nitrogen and oxygen atoms in total. The minimum Gasteiger partial charge on any atom is -0.507 e. The Balaban J connectivity index is 1.74. The predicted octanol–water partition coefficient (Wildman–Crippen LogP) is 3.16. The number of aldehydes is 2. The highest BCUT2D eigenvalue weighted by atomic mass is 16.5. The average Bonchev–Trinajstić information content (AvgIpc) is 2.74. The van der Waals surface area contributed by atoms with Crippen molar-refractivity contribution in [2.75, 3.05) is 0 Å². The maximum atomic E-state index is 12.3. The molecule has 0 heterocycles. The molecule has 150 valence electrons. The summed E-state index contributed by atoms with van der Waals surface area (Å²) in [4.78, 5) is 46.1. The lowest BCUT2D eigenvalue weighted by molar-refractivity contribution is 0.0734. The quantitative estimate of drug-likeness (QED) is 0.363. The van der Waals surface area contributed by atoms with E-state index in [4.69, 9.17) is 9.47 Å². The zero-order valence-corrected chi connectivity index (χ0v) is 15.3. The van der Waals surface area contributed by atoms with Crippen LogP contribution in [0.3, 0.4) is 0 Å². The number of phenolic OH excluding ortho intramolecular Hbond substituents is 2. The number of carbonyl (C=O) groups excluding carboxylic acids is 4. The van der Waals surface area contributed by atoms with E-state index < -0.39 is 11.9 Å². The largest absolute Gasteiger partial charge is 0.507 e. The van der Waals surface area contributed by atoms with Gasteiger partial charge in [-0.3, -0.25) is 9.59 Å². The van der Waals surface area contributed by atoms with Crippen molar-refractivity contribution in [3.05, 3.63) is 82.9 Å². The molecule has 0 bridgehead atoms. The van der Waals surface area contributed by atoms with Gasteiger partial charge in [0, 0.05) is 12.1 Å². The van der Waals surface area contributed by atoms with Crippen molar-refractivity contribution >= 4 is 24.5 Å². The Labute approximate surface area is 169 Å². The summed E-state index contributed by atoms with van der Waals surface area (Å²) in [5, 5.41) is 19.3. The number of esters is 2. The van der Waals surface area contributed by atoms with E-state index in [0.717, 1.165) is 12.1 Å². The van der Waals surface area contributed by atoms with Crippen molar-refractivity contribution in [3.8, 4) is 23.0 Å². The number of rotatable bonds is 6. The molecule has 3 rings (SSSR count). The molecule has 0 atom stereocenters. The predicted molar refractivity (Wildman–Crippen MR) is 103 cm³/mol. The van der Waals surface area contributed by atoms with Crippen molar-refractivity contribution in [1.29, 1.82) is 0 Å². The Morgan fingerprint density at radius 2 is 1.10 bits per heavy atom. The molecular formula is C22H14O8. The zero-order valence-electron chi connectivity index (χ0n) is 15.3. The second kappa shape index (κ2) is 8.70. The van der Waals surface area contributed by atoms with Gasteiger partial charge in [-0.1, -0.05) is 6.07 Å². The van der Waals surface area contributed by atoms with Crippen LogP contribution < -0.4 is 9.47 Å². The highest BCUT2D eigenvalue weighted by Gasteiger charge is 2.15. The van der Waals surface area contributed by atoms with Gasteiger partial charge in [0.2, 0.25) is 0 Å². The molecule has 0 spiro atoms. The van der Waals surface area contributed by atoms with Crippen LogP contribution in [0.1, 0.15) is 41.4 Å². The van der Waals surface area contributed by atoms with Crippen LogP contribution in [0.5, 0.6) is 23.0 Å². The van der Waals surface area contributed by atoms with Gasteiger partial charge in [0.15, 0.2) is 12.6 Å². The van der Waals surface area contributed by atoms with Gasteiger partial charge in [0.25, 0.3) is 0 Å². The Morgan fingerprint density at radius 1 is 0.667 bits per heavy atom. The topological polar surface area (TPSA) is 127 Å². The van der Waals surface area contributed by atoms with Crippen molar-refractivity contribution in [3.63, 3.8) is 0 Å². The molecule has 8 heteroatoms. The lowest BCUT2D eigenvalue weighted by Crippen LogP contribution is -2.12. The monoisotopic (exact) mass is 406 g/mol. The fourth-order valence-corrected chi connectivity index (χ4v) is 2.48. The van der Waals surface area contributed by atoms with Crippen LogP contribution in [-0.4, -0.2) is 34.7 Å². The third-order valence-electron chi connectivity index (χ3n) is 4.01. The minimum atomic E-state index is -0.795. The third-order valence-corrected chi connectivity index (χ3v) is 4.01. The van der Waals surface area contributed by atoms with E-state index in [1.807, 2.05) is 0 Å². The molecule has 0 aromatic heterocycles. The fourth-order valence-electron chi connectivity index (χ4n) is 2.48. The summed E-state index contributed by atoms with van der Waals surface area (Å²) >= 11 is 0. The van der Waals surface area contributed by atoms with Crippen molar-refractivity contribution < 1.29 is 38.9 Å². The zero-order chi connectivity index (χ0) is 21.7. The van der Waals surface area contributed by atoms with Crippen LogP contribution in [0, 0.1) is 0 Å². The Kier molecular flexibility index (Phi) is 5.88. The maximum absolute atomic E-state index is 12.3. The molecule has 30 heavy (non-hydrogen) atoms. The van der Waals surface area contributed by atoms with Gasteiger partial charge < -0.3 is 19.7 Å². The van der Waals surface area contributed by atoms with Crippen molar-refractivity contribution in [1.82, 2.24) is 0 Å². The molecule has 0 radical (unpaired) electrons. The van der Waals surface area contributed by atoms with Crippen molar-refractivity contribution in [2.45, 2.75) is 0 Å². The first-order chi connectivity index (χ1) is 14.4. The van der Waals surface area contributed by atoms with Crippen LogP contribution >= 0.6 is 0 Å². The molecule has 0 saturated heterocycles. The molecule has 0 aliphatic carbocycles. The number of ether oxygens (including phenoxy) is 2. The van der Waals surface area contributed by atoms with E-state index in [1.54, 1.807) is 0 Å². The van der Waals surface area contributed by atoms with Gasteiger partial charge in [-0.05, 0) is 42.5 Å². The summed E-state index contributed by atoms with van der Waals surface area (Å²) in [6, 6.07) is 13.1. The van der Waals surface area contributed by atoms with Gasteiger partial charge >= 0.3 is 11.9 Å². The average molecular weight is 406 g/mol. The molecule has 0 amide bonds. The van der Waals surface area contributed by atoms with E-state index in [9.17, 15) is 29.4 Å². The van der Waals surface area contributed by atoms with Crippen LogP contribution in [0.25, 0.3) is 0 Å². The highest BCUT2D eigenvalue weighted by Crippen LogP contribution is 2.24. The lowest BCUT2D eigenvalue weighted by atomic mass is 10.1. The molecule has 0 saturated carbocycles. The van der Waals surface area contributed by atoms with Gasteiger partial charge in [0.05, 0.1) is 22.3 Å². The number of hydrogen-bond donors (Lipinski definition) is 2. The smallest absolute Gasteiger partial charge is 0.343 e. The molecule has 0 fully saturated rings. The first-order valence-electron chi connectivity index (χ1n) is 8.52. The first kappa shape index (κ1) is 20.3. The lowest BCUT2D eigenvalue weighted by Gasteiger charge is -2.08. The Morgan fingerprint density at radius 3 is 1.47 bits per heavy atom. The molecule has 0 aliphatic rings. The SMILES string of the molecule is O=Cc1ccc(OC(=O)c2cccc(C(=O)Oc3ccc(C=O)c(O)c3)c2)cc1O. The molecule has 2 N–H and O–H groups in total.